The van der Waals surface area contributed by atoms with E-state index in [9.17, 15) is 13.2 Å². The highest BCUT2D eigenvalue weighted by molar-refractivity contribution is 7.99. The van der Waals surface area contributed by atoms with Gasteiger partial charge in [-0.3, -0.25) is 13.8 Å². The van der Waals surface area contributed by atoms with Gasteiger partial charge in [0.2, 0.25) is 0 Å². The standard InChI is InChI=1S/C20H24N4O3S3/c1-2-28-15-8-9-16(20(25)23-10-4-3-5-11-23)17(13-15)22-30(26,27)19-7-6-12-24-18(19)14-21-29-24/h6-9,12-14,21-22H,2-5,10-11H2,1H3. The minimum absolute atomic E-state index is 0.128. The van der Waals surface area contributed by atoms with E-state index in [4.69, 9.17) is 0 Å². The van der Waals surface area contributed by atoms with Crippen molar-refractivity contribution in [2.45, 2.75) is 31.1 Å². The quantitative estimate of drug-likeness (QED) is 0.488. The third kappa shape index (κ3) is 4.35. The Kier molecular flexibility index (Phi) is 6.35. The van der Waals surface area contributed by atoms with Gasteiger partial charge in [0, 0.05) is 30.4 Å². The highest BCUT2D eigenvalue weighted by atomic mass is 32.2. The monoisotopic (exact) mass is 464 g/mol. The van der Waals surface area contributed by atoms with Crippen molar-refractivity contribution in [1.82, 2.24) is 13.9 Å². The molecule has 0 bridgehead atoms. The van der Waals surface area contributed by atoms with Gasteiger partial charge in [0.15, 0.2) is 0 Å². The Morgan fingerprint density at radius 1 is 1.27 bits per heavy atom. The normalized spacial score (nSPS) is 18.4. The summed E-state index contributed by atoms with van der Waals surface area (Å²) in [5, 5.41) is 0. The number of hydrogen-bond donors (Lipinski definition) is 2. The van der Waals surface area contributed by atoms with Gasteiger partial charge in [0.25, 0.3) is 15.9 Å². The minimum Gasteiger partial charge on any atom is -0.339 e. The van der Waals surface area contributed by atoms with Gasteiger partial charge in [-0.05, 0) is 55.4 Å². The molecule has 1 saturated heterocycles. The van der Waals surface area contributed by atoms with Crippen LogP contribution in [-0.2, 0) is 10.0 Å². The van der Waals surface area contributed by atoms with Crippen molar-refractivity contribution in [3.8, 4) is 0 Å². The van der Waals surface area contributed by atoms with E-state index in [0.717, 1.165) is 29.9 Å². The number of nitrogens with one attached hydrogen (secondary N) is 2. The van der Waals surface area contributed by atoms with E-state index in [1.807, 2.05) is 17.9 Å². The number of benzene rings is 1. The molecule has 7 nitrogen and oxygen atoms in total. The lowest BCUT2D eigenvalue weighted by Crippen LogP contribution is -2.36. The summed E-state index contributed by atoms with van der Waals surface area (Å²) in [6.45, 7) is 3.45. The van der Waals surface area contributed by atoms with Gasteiger partial charge < -0.3 is 9.62 Å². The van der Waals surface area contributed by atoms with Crippen LogP contribution in [0.4, 0.5) is 5.69 Å². The highest BCUT2D eigenvalue weighted by Gasteiger charge is 2.31. The number of amides is 1. The van der Waals surface area contributed by atoms with Crippen LogP contribution in [0.15, 0.2) is 58.2 Å². The van der Waals surface area contributed by atoms with Gasteiger partial charge in [0.05, 0.1) is 29.1 Å². The van der Waals surface area contributed by atoms with Crippen LogP contribution in [-0.4, -0.2) is 42.4 Å². The van der Waals surface area contributed by atoms with Crippen molar-refractivity contribution in [3.05, 3.63) is 58.9 Å². The molecule has 1 amide bonds. The van der Waals surface area contributed by atoms with E-state index in [-0.39, 0.29) is 10.8 Å². The van der Waals surface area contributed by atoms with Crippen molar-refractivity contribution >= 4 is 45.5 Å². The average molecular weight is 465 g/mol. The Bertz CT molecular complexity index is 1030. The van der Waals surface area contributed by atoms with Gasteiger partial charge in [-0.2, -0.15) is 0 Å². The van der Waals surface area contributed by atoms with E-state index >= 15 is 0 Å². The summed E-state index contributed by atoms with van der Waals surface area (Å²) in [6, 6.07) is 5.38. The Hall–Kier alpha value is -2.04. The first kappa shape index (κ1) is 21.2. The molecule has 1 aromatic carbocycles. The predicted molar refractivity (Wildman–Crippen MR) is 123 cm³/mol. The van der Waals surface area contributed by atoms with Crippen LogP contribution in [0.3, 0.4) is 0 Å². The van der Waals surface area contributed by atoms with Crippen LogP contribution < -0.4 is 9.44 Å². The van der Waals surface area contributed by atoms with E-state index in [1.165, 1.54) is 12.1 Å². The summed E-state index contributed by atoms with van der Waals surface area (Å²) in [5.74, 6) is 0.726. The van der Waals surface area contributed by atoms with Crippen LogP contribution in [0.25, 0.3) is 0 Å². The van der Waals surface area contributed by atoms with Crippen molar-refractivity contribution in [3.63, 3.8) is 0 Å². The average Bonchev–Trinajstić information content (AvgIpc) is 3.23. The number of likely N-dealkylation sites (tertiary alicyclic amines) is 1. The number of carbonyl (C=O) groups excluding carboxylic acids is 1. The molecule has 1 aromatic rings. The molecule has 160 valence electrons. The second-order valence-electron chi connectivity index (χ2n) is 7.04. The van der Waals surface area contributed by atoms with Crippen LogP contribution in [0.2, 0.25) is 0 Å². The molecule has 0 saturated carbocycles. The molecule has 3 aliphatic rings. The Labute approximate surface area is 186 Å². The number of carbonyl (C=O) groups is 1. The molecule has 2 N–H and O–H groups in total. The lowest BCUT2D eigenvalue weighted by molar-refractivity contribution is 0.0725. The lowest BCUT2D eigenvalue weighted by atomic mass is 10.1. The highest BCUT2D eigenvalue weighted by Crippen LogP contribution is 2.35. The van der Waals surface area contributed by atoms with Crippen molar-refractivity contribution in [2.24, 2.45) is 0 Å². The van der Waals surface area contributed by atoms with Crippen LogP contribution in [0.1, 0.15) is 36.5 Å². The molecule has 0 spiro atoms. The third-order valence-corrected chi connectivity index (χ3v) is 8.04. The molecule has 4 rings (SSSR count). The Balaban J connectivity index is 1.67. The Morgan fingerprint density at radius 2 is 2.07 bits per heavy atom. The first-order valence-corrected chi connectivity index (χ1v) is 13.1. The molecule has 1 fully saturated rings. The number of rotatable bonds is 6. The zero-order valence-electron chi connectivity index (χ0n) is 16.6. The maximum absolute atomic E-state index is 13.3. The van der Waals surface area contributed by atoms with Gasteiger partial charge in [-0.15, -0.1) is 11.8 Å². The second kappa shape index (κ2) is 8.99. The number of allylic oxidation sites excluding steroid dienone is 2. The fourth-order valence-corrected chi connectivity index (χ4v) is 6.25. The summed E-state index contributed by atoms with van der Waals surface area (Å²) in [6.07, 6.45) is 9.77. The maximum atomic E-state index is 13.3. The number of nitrogens with zero attached hydrogens (tertiary/aromatic N) is 2. The predicted octanol–water partition coefficient (Wildman–Crippen LogP) is 3.89. The molecule has 0 aromatic heterocycles. The largest absolute Gasteiger partial charge is 0.339 e. The van der Waals surface area contributed by atoms with Crippen molar-refractivity contribution < 1.29 is 13.2 Å². The summed E-state index contributed by atoms with van der Waals surface area (Å²) >= 11 is 2.90. The number of anilines is 1. The zero-order valence-corrected chi connectivity index (χ0v) is 19.1. The summed E-state index contributed by atoms with van der Waals surface area (Å²) < 4.78 is 33.9. The van der Waals surface area contributed by atoms with Crippen molar-refractivity contribution in [2.75, 3.05) is 23.6 Å². The number of piperidine rings is 1. The SMILES string of the molecule is CCSc1ccc(C(=O)N2CCCCC2)c(NS(=O)(=O)C2=CC=CN3SNC=C23)c1. The fourth-order valence-electron chi connectivity index (χ4n) is 3.58. The first-order chi connectivity index (χ1) is 14.5. The number of sulfonamides is 1. The number of hydrogen-bond acceptors (Lipinski definition) is 7. The van der Waals surface area contributed by atoms with Crippen molar-refractivity contribution in [1.29, 1.82) is 0 Å². The summed E-state index contributed by atoms with van der Waals surface area (Å²) in [5.41, 5.74) is 1.26. The topological polar surface area (TPSA) is 81.8 Å². The molecule has 30 heavy (non-hydrogen) atoms. The molecular weight excluding hydrogens is 440 g/mol. The molecule has 10 heteroatoms. The van der Waals surface area contributed by atoms with E-state index in [2.05, 4.69) is 9.44 Å². The number of fused-ring (bicyclic) bond motifs is 1. The van der Waals surface area contributed by atoms with E-state index < -0.39 is 10.0 Å². The third-order valence-electron chi connectivity index (χ3n) is 5.02. The molecular formula is C20H24N4O3S3. The summed E-state index contributed by atoms with van der Waals surface area (Å²) in [4.78, 5) is 16.1. The fraction of sp³-hybridized carbons (Fsp3) is 0.350. The minimum atomic E-state index is -3.89. The van der Waals surface area contributed by atoms with Gasteiger partial charge in [0.1, 0.15) is 4.91 Å². The lowest BCUT2D eigenvalue weighted by Gasteiger charge is -2.28. The molecule has 0 radical (unpaired) electrons. The molecule has 3 aliphatic heterocycles. The molecule has 0 aliphatic carbocycles. The van der Waals surface area contributed by atoms with Crippen LogP contribution in [0, 0.1) is 0 Å². The van der Waals surface area contributed by atoms with Gasteiger partial charge >= 0.3 is 0 Å². The smallest absolute Gasteiger partial charge is 0.264 e. The van der Waals surface area contributed by atoms with Gasteiger partial charge in [-0.1, -0.05) is 6.92 Å². The van der Waals surface area contributed by atoms with E-state index in [0.29, 0.717) is 30.0 Å². The van der Waals surface area contributed by atoms with E-state index in [1.54, 1.807) is 52.8 Å². The summed E-state index contributed by atoms with van der Waals surface area (Å²) in [7, 11) is -3.89. The number of thioether (sulfide) groups is 1. The molecule has 3 heterocycles. The first-order valence-electron chi connectivity index (χ1n) is 9.89. The van der Waals surface area contributed by atoms with Gasteiger partial charge in [-0.25, -0.2) is 8.42 Å². The maximum Gasteiger partial charge on any atom is 0.264 e. The van der Waals surface area contributed by atoms with Crippen LogP contribution in [0.5, 0.6) is 0 Å². The zero-order chi connectivity index (χ0) is 21.1. The second-order valence-corrected chi connectivity index (χ2v) is 10.8. The Morgan fingerprint density at radius 3 is 2.83 bits per heavy atom. The molecule has 0 unspecified atom stereocenters. The van der Waals surface area contributed by atoms with Crippen LogP contribution >= 0.6 is 23.9 Å². The molecule has 0 atom stereocenters.